The van der Waals surface area contributed by atoms with E-state index in [-0.39, 0.29) is 16.4 Å². The average molecular weight is 704 g/mol. The van der Waals surface area contributed by atoms with Crippen LogP contribution in [-0.2, 0) is 0 Å². The van der Waals surface area contributed by atoms with Crippen LogP contribution in [0.1, 0.15) is 130 Å². The number of nitrogens with zero attached hydrogens (tertiary/aromatic N) is 1. The Hall–Kier alpha value is -3.94. The highest BCUT2D eigenvalue weighted by Gasteiger charge is 2.30. The molecule has 0 N–H and O–H groups in total. The van der Waals surface area contributed by atoms with Crippen LogP contribution in [0.3, 0.4) is 0 Å². The second kappa shape index (κ2) is 21.4. The van der Waals surface area contributed by atoms with Crippen LogP contribution in [0.4, 0.5) is 5.69 Å². The Morgan fingerprint density at radius 2 is 0.941 bits per heavy atom. The molecule has 0 amide bonds. The molecule has 0 aliphatic carbocycles. The molecule has 8 heteroatoms. The number of fused-ring (bicyclic) bond motifs is 6. The predicted molar refractivity (Wildman–Crippen MR) is 211 cm³/mol. The average Bonchev–Trinajstić information content (AvgIpc) is 3.14. The van der Waals surface area contributed by atoms with Crippen molar-refractivity contribution in [3.05, 3.63) is 46.5 Å². The fourth-order valence-corrected chi connectivity index (χ4v) is 6.69. The molecule has 0 aromatic heterocycles. The third kappa shape index (κ3) is 10.8. The van der Waals surface area contributed by atoms with Gasteiger partial charge in [-0.05, 0) is 72.2 Å². The van der Waals surface area contributed by atoms with E-state index < -0.39 is 0 Å². The van der Waals surface area contributed by atoms with E-state index in [0.29, 0.717) is 60.2 Å². The number of methoxy groups -OCH3 is 1. The molecule has 0 atom stereocenters. The molecule has 0 saturated carbocycles. The number of nitro benzene ring substituents is 1. The summed E-state index contributed by atoms with van der Waals surface area (Å²) in [6.07, 6.45) is 16.8. The van der Waals surface area contributed by atoms with Crippen LogP contribution in [0, 0.1) is 10.1 Å². The van der Waals surface area contributed by atoms with Gasteiger partial charge in [0.1, 0.15) is 5.75 Å². The summed E-state index contributed by atoms with van der Waals surface area (Å²) < 4.78 is 31.3. The fourth-order valence-electron chi connectivity index (χ4n) is 6.69. The molecule has 4 rings (SSSR count). The van der Waals surface area contributed by atoms with E-state index in [2.05, 4.69) is 27.7 Å². The Labute approximate surface area is 305 Å². The van der Waals surface area contributed by atoms with Gasteiger partial charge in [-0.15, -0.1) is 0 Å². The van der Waals surface area contributed by atoms with Crippen LogP contribution < -0.4 is 23.7 Å². The predicted octanol–water partition coefficient (Wildman–Crippen LogP) is 12.9. The molecule has 0 heterocycles. The molecular weight excluding hydrogens is 642 g/mol. The largest absolute Gasteiger partial charge is 0.497 e. The Morgan fingerprint density at radius 3 is 1.41 bits per heavy atom. The summed E-state index contributed by atoms with van der Waals surface area (Å²) in [5.41, 5.74) is -0.0802. The number of hydrogen-bond donors (Lipinski definition) is 0. The summed E-state index contributed by atoms with van der Waals surface area (Å²) in [5, 5.41) is 17.9. The summed E-state index contributed by atoms with van der Waals surface area (Å²) in [4.78, 5) is 13.0. The van der Waals surface area contributed by atoms with Crippen molar-refractivity contribution in [3.63, 3.8) is 0 Å². The molecule has 0 aliphatic rings. The monoisotopic (exact) mass is 703 g/mol. The Kier molecular flexibility index (Phi) is 16.7. The quantitative estimate of drug-likeness (QED) is 0.0278. The van der Waals surface area contributed by atoms with Gasteiger partial charge in [-0.1, -0.05) is 111 Å². The van der Waals surface area contributed by atoms with E-state index in [1.807, 2.05) is 36.4 Å². The van der Waals surface area contributed by atoms with Gasteiger partial charge in [0.05, 0.1) is 43.8 Å². The maximum Gasteiger partial charge on any atom is 0.323 e. The number of rotatable bonds is 26. The van der Waals surface area contributed by atoms with E-state index in [4.69, 9.17) is 23.7 Å². The van der Waals surface area contributed by atoms with E-state index in [1.54, 1.807) is 7.11 Å². The normalized spacial score (nSPS) is 11.4. The van der Waals surface area contributed by atoms with Crippen molar-refractivity contribution < 1.29 is 28.6 Å². The Bertz CT molecular complexity index is 1680. The van der Waals surface area contributed by atoms with Gasteiger partial charge in [-0.25, -0.2) is 0 Å². The first kappa shape index (κ1) is 39.8. The SMILES string of the molecule is CCCCCCOc1cc2c3ccc(OC)cc3c3cc(OCCCCCC)c(OCCCCCC)c([N+](=O)[O-])c3c2cc1OCCCCCC. The summed E-state index contributed by atoms with van der Waals surface area (Å²) >= 11 is 0. The molecule has 0 aliphatic heterocycles. The molecule has 280 valence electrons. The molecule has 8 nitrogen and oxygen atoms in total. The van der Waals surface area contributed by atoms with Crippen molar-refractivity contribution in [1.29, 1.82) is 0 Å². The van der Waals surface area contributed by atoms with Gasteiger partial charge >= 0.3 is 5.69 Å². The topological polar surface area (TPSA) is 89.3 Å². The van der Waals surface area contributed by atoms with Gasteiger partial charge in [-0.3, -0.25) is 10.1 Å². The standard InChI is InChI=1S/C43H61NO7/c1-6-10-14-18-24-48-38-29-35-33-23-22-32(47-5)28-34(33)37-31-40(50-26-20-16-12-8-3)43(51-27-21-17-13-9-4)42(44(45)46)41(37)36(35)30-39(38)49-25-19-15-11-7-2/h22-23,28-31H,6-21,24-27H2,1-5H3. The van der Waals surface area contributed by atoms with Crippen molar-refractivity contribution in [2.45, 2.75) is 130 Å². The summed E-state index contributed by atoms with van der Waals surface area (Å²) in [7, 11) is 1.64. The van der Waals surface area contributed by atoms with E-state index >= 15 is 0 Å². The van der Waals surface area contributed by atoms with Crippen molar-refractivity contribution in [3.8, 4) is 28.7 Å². The maximum atomic E-state index is 13.3. The van der Waals surface area contributed by atoms with Crippen molar-refractivity contribution >= 4 is 38.0 Å². The lowest BCUT2D eigenvalue weighted by atomic mass is 9.92. The first-order valence-corrected chi connectivity index (χ1v) is 19.7. The minimum Gasteiger partial charge on any atom is -0.497 e. The molecule has 51 heavy (non-hydrogen) atoms. The first-order valence-electron chi connectivity index (χ1n) is 19.7. The highest BCUT2D eigenvalue weighted by atomic mass is 16.6. The van der Waals surface area contributed by atoms with E-state index in [0.717, 1.165) is 124 Å². The van der Waals surface area contributed by atoms with Crippen LogP contribution >= 0.6 is 0 Å². The van der Waals surface area contributed by atoms with Gasteiger partial charge in [-0.2, -0.15) is 0 Å². The zero-order valence-corrected chi connectivity index (χ0v) is 31.9. The summed E-state index contributed by atoms with van der Waals surface area (Å²) in [6.45, 7) is 10.7. The lowest BCUT2D eigenvalue weighted by Crippen LogP contribution is -2.07. The van der Waals surface area contributed by atoms with Gasteiger partial charge in [0, 0.05) is 10.8 Å². The highest BCUT2D eigenvalue weighted by molar-refractivity contribution is 6.29. The Morgan fingerprint density at radius 1 is 0.510 bits per heavy atom. The van der Waals surface area contributed by atoms with Gasteiger partial charge < -0.3 is 23.7 Å². The number of nitro groups is 1. The highest BCUT2D eigenvalue weighted by Crippen LogP contribution is 2.51. The minimum atomic E-state index is -0.303. The fraction of sp³-hybridized carbons (Fsp3) is 0.581. The molecular formula is C43H61NO7. The lowest BCUT2D eigenvalue weighted by Gasteiger charge is -2.20. The van der Waals surface area contributed by atoms with E-state index in [1.165, 1.54) is 0 Å². The molecule has 4 aromatic rings. The molecule has 0 fully saturated rings. The van der Waals surface area contributed by atoms with Gasteiger partial charge in [0.15, 0.2) is 17.2 Å². The number of benzene rings is 4. The van der Waals surface area contributed by atoms with Gasteiger partial charge in [0.2, 0.25) is 5.75 Å². The van der Waals surface area contributed by atoms with E-state index in [9.17, 15) is 10.1 Å². The maximum absolute atomic E-state index is 13.3. The lowest BCUT2D eigenvalue weighted by molar-refractivity contribution is -0.384. The number of hydrogen-bond acceptors (Lipinski definition) is 7. The number of ether oxygens (including phenoxy) is 5. The first-order chi connectivity index (χ1) is 25.0. The summed E-state index contributed by atoms with van der Waals surface area (Å²) in [6, 6.07) is 11.8. The van der Waals surface area contributed by atoms with Crippen molar-refractivity contribution in [1.82, 2.24) is 0 Å². The van der Waals surface area contributed by atoms with Crippen LogP contribution in [0.5, 0.6) is 28.7 Å². The summed E-state index contributed by atoms with van der Waals surface area (Å²) in [5.74, 6) is 2.54. The molecule has 0 bridgehead atoms. The molecule has 4 aromatic carbocycles. The zero-order chi connectivity index (χ0) is 36.4. The molecule has 0 saturated heterocycles. The number of unbranched alkanes of at least 4 members (excludes halogenated alkanes) is 12. The van der Waals surface area contributed by atoms with Gasteiger partial charge in [0.25, 0.3) is 0 Å². The van der Waals surface area contributed by atoms with Crippen molar-refractivity contribution in [2.24, 2.45) is 0 Å². The minimum absolute atomic E-state index is 0.0802. The third-order valence-corrected chi connectivity index (χ3v) is 9.57. The molecule has 0 spiro atoms. The van der Waals surface area contributed by atoms with Crippen LogP contribution in [0.15, 0.2) is 36.4 Å². The third-order valence-electron chi connectivity index (χ3n) is 9.57. The smallest absolute Gasteiger partial charge is 0.323 e. The van der Waals surface area contributed by atoms with Crippen LogP contribution in [0.2, 0.25) is 0 Å². The zero-order valence-electron chi connectivity index (χ0n) is 31.9. The molecule has 0 unspecified atom stereocenters. The Balaban J connectivity index is 1.98. The van der Waals surface area contributed by atoms with Crippen molar-refractivity contribution in [2.75, 3.05) is 33.5 Å². The second-order valence-corrected chi connectivity index (χ2v) is 13.6. The molecule has 0 radical (unpaired) electrons. The van der Waals surface area contributed by atoms with Crippen LogP contribution in [0.25, 0.3) is 32.3 Å². The van der Waals surface area contributed by atoms with Crippen LogP contribution in [-0.4, -0.2) is 38.5 Å². The second-order valence-electron chi connectivity index (χ2n) is 13.6.